The van der Waals surface area contributed by atoms with Crippen molar-refractivity contribution in [2.45, 2.75) is 39.0 Å². The van der Waals surface area contributed by atoms with E-state index in [0.29, 0.717) is 18.5 Å². The first-order chi connectivity index (χ1) is 9.10. The molecular weight excluding hydrogens is 310 g/mol. The highest BCUT2D eigenvalue weighted by molar-refractivity contribution is 9.09. The van der Waals surface area contributed by atoms with Gasteiger partial charge in [0.25, 0.3) is 0 Å². The Morgan fingerprint density at radius 2 is 2.32 bits per heavy atom. The molecule has 2 unspecified atom stereocenters. The molecular formula is C13H20BrN3O2. The second-order valence-corrected chi connectivity index (χ2v) is 5.64. The smallest absolute Gasteiger partial charge is 0.234 e. The monoisotopic (exact) mass is 329 g/mol. The van der Waals surface area contributed by atoms with Gasteiger partial charge in [0.05, 0.1) is 37.3 Å². The number of hydrogen-bond acceptors (Lipinski definition) is 5. The average Bonchev–Trinajstić information content (AvgIpc) is 2.39. The Kier molecular flexibility index (Phi) is 4.99. The van der Waals surface area contributed by atoms with Crippen LogP contribution in [-0.4, -0.2) is 46.7 Å². The summed E-state index contributed by atoms with van der Waals surface area (Å²) in [5.41, 5.74) is 0. The van der Waals surface area contributed by atoms with Crippen molar-refractivity contribution in [2.75, 3.05) is 23.4 Å². The van der Waals surface area contributed by atoms with E-state index >= 15 is 0 Å². The van der Waals surface area contributed by atoms with Gasteiger partial charge in [-0.3, -0.25) is 4.98 Å². The summed E-state index contributed by atoms with van der Waals surface area (Å²) >= 11 is 3.47. The van der Waals surface area contributed by atoms with Gasteiger partial charge in [0.15, 0.2) is 5.82 Å². The summed E-state index contributed by atoms with van der Waals surface area (Å²) in [4.78, 5) is 11.0. The Labute approximate surface area is 122 Å². The fourth-order valence-corrected chi connectivity index (χ4v) is 2.40. The average molecular weight is 330 g/mol. The van der Waals surface area contributed by atoms with E-state index in [1.54, 1.807) is 12.4 Å². The van der Waals surface area contributed by atoms with Crippen LogP contribution in [0.4, 0.5) is 5.82 Å². The molecule has 106 valence electrons. The van der Waals surface area contributed by atoms with E-state index in [9.17, 15) is 0 Å². The zero-order valence-corrected chi connectivity index (χ0v) is 13.1. The maximum absolute atomic E-state index is 5.72. The minimum atomic E-state index is 0.0990. The van der Waals surface area contributed by atoms with Gasteiger partial charge in [-0.2, -0.15) is 4.98 Å². The Hall–Kier alpha value is -0.880. The number of ether oxygens (including phenoxy) is 2. The molecule has 1 aromatic rings. The van der Waals surface area contributed by atoms with Crippen LogP contribution in [0, 0.1) is 0 Å². The lowest BCUT2D eigenvalue weighted by Crippen LogP contribution is -2.49. The molecule has 0 N–H and O–H groups in total. The van der Waals surface area contributed by atoms with Gasteiger partial charge in [0.1, 0.15) is 0 Å². The lowest BCUT2D eigenvalue weighted by atomic mass is 10.2. The number of aromatic nitrogens is 2. The van der Waals surface area contributed by atoms with E-state index in [2.05, 4.69) is 37.7 Å². The first kappa shape index (κ1) is 14.5. The SMILES string of the molecule is CC(C)Oc1cncc(N2CC(CBr)OCC2C)n1. The molecule has 1 aromatic heterocycles. The van der Waals surface area contributed by atoms with Gasteiger partial charge in [-0.25, -0.2) is 0 Å². The van der Waals surface area contributed by atoms with Crippen molar-refractivity contribution < 1.29 is 9.47 Å². The molecule has 1 fully saturated rings. The van der Waals surface area contributed by atoms with Crippen LogP contribution in [0.15, 0.2) is 12.4 Å². The standard InChI is InChI=1S/C13H20BrN3O2/c1-9(2)19-13-6-15-5-12(16-13)17-7-11(4-14)18-8-10(17)3/h5-6,9-11H,4,7-8H2,1-3H3. The molecule has 1 saturated heterocycles. The largest absolute Gasteiger partial charge is 0.474 e. The van der Waals surface area contributed by atoms with Crippen molar-refractivity contribution in [3.05, 3.63) is 12.4 Å². The van der Waals surface area contributed by atoms with Gasteiger partial charge < -0.3 is 14.4 Å². The van der Waals surface area contributed by atoms with Crippen molar-refractivity contribution in [1.82, 2.24) is 9.97 Å². The van der Waals surface area contributed by atoms with Gasteiger partial charge >= 0.3 is 0 Å². The fraction of sp³-hybridized carbons (Fsp3) is 0.692. The predicted molar refractivity (Wildman–Crippen MR) is 78.1 cm³/mol. The van der Waals surface area contributed by atoms with Crippen molar-refractivity contribution in [3.63, 3.8) is 0 Å². The third-order valence-electron chi connectivity index (χ3n) is 2.93. The summed E-state index contributed by atoms with van der Waals surface area (Å²) < 4.78 is 11.3. The van der Waals surface area contributed by atoms with Crippen molar-refractivity contribution in [2.24, 2.45) is 0 Å². The normalized spacial score (nSPS) is 23.7. The van der Waals surface area contributed by atoms with Crippen molar-refractivity contribution in [1.29, 1.82) is 0 Å². The van der Waals surface area contributed by atoms with E-state index in [1.807, 2.05) is 13.8 Å². The van der Waals surface area contributed by atoms with Crippen LogP contribution in [0.3, 0.4) is 0 Å². The number of morpholine rings is 1. The van der Waals surface area contributed by atoms with E-state index in [-0.39, 0.29) is 12.2 Å². The molecule has 0 radical (unpaired) electrons. The van der Waals surface area contributed by atoms with Crippen LogP contribution in [0.25, 0.3) is 0 Å². The quantitative estimate of drug-likeness (QED) is 0.793. The maximum Gasteiger partial charge on any atom is 0.234 e. The van der Waals surface area contributed by atoms with Crippen LogP contribution in [0.1, 0.15) is 20.8 Å². The first-order valence-electron chi connectivity index (χ1n) is 6.53. The predicted octanol–water partition coefficient (Wildman–Crippen LogP) is 2.25. The number of rotatable bonds is 4. The molecule has 0 aliphatic carbocycles. The number of halogens is 1. The summed E-state index contributed by atoms with van der Waals surface area (Å²) in [5.74, 6) is 1.42. The molecule has 19 heavy (non-hydrogen) atoms. The van der Waals surface area contributed by atoms with Gasteiger partial charge in [-0.15, -0.1) is 0 Å². The number of anilines is 1. The third-order valence-corrected chi connectivity index (χ3v) is 3.65. The number of hydrogen-bond donors (Lipinski definition) is 0. The molecule has 2 atom stereocenters. The molecule has 1 aliphatic rings. The summed E-state index contributed by atoms with van der Waals surface area (Å²) in [6, 6.07) is 0.291. The number of nitrogens with zero attached hydrogens (tertiary/aromatic N) is 3. The van der Waals surface area contributed by atoms with Crippen molar-refractivity contribution in [3.8, 4) is 5.88 Å². The van der Waals surface area contributed by atoms with Crippen LogP contribution < -0.4 is 9.64 Å². The second-order valence-electron chi connectivity index (χ2n) is 4.99. The molecule has 0 aromatic carbocycles. The second kappa shape index (κ2) is 6.52. The first-order valence-corrected chi connectivity index (χ1v) is 7.65. The van der Waals surface area contributed by atoms with Gasteiger partial charge in [0.2, 0.25) is 5.88 Å². The van der Waals surface area contributed by atoms with Crippen LogP contribution in [0.5, 0.6) is 5.88 Å². The van der Waals surface area contributed by atoms with E-state index in [0.717, 1.165) is 17.7 Å². The van der Waals surface area contributed by atoms with Crippen LogP contribution in [-0.2, 0) is 4.74 Å². The Bertz CT molecular complexity index is 417. The van der Waals surface area contributed by atoms with Crippen molar-refractivity contribution >= 4 is 21.7 Å². The molecule has 0 bridgehead atoms. The molecule has 0 amide bonds. The van der Waals surface area contributed by atoms with Gasteiger partial charge in [0, 0.05) is 11.9 Å². The number of alkyl halides is 1. The van der Waals surface area contributed by atoms with Crippen LogP contribution in [0.2, 0.25) is 0 Å². The summed E-state index contributed by atoms with van der Waals surface area (Å²) in [6.45, 7) is 7.60. The Morgan fingerprint density at radius 3 is 3.00 bits per heavy atom. The van der Waals surface area contributed by atoms with Gasteiger partial charge in [-0.1, -0.05) is 15.9 Å². The lowest BCUT2D eigenvalue weighted by molar-refractivity contribution is 0.0375. The van der Waals surface area contributed by atoms with Gasteiger partial charge in [-0.05, 0) is 20.8 Å². The lowest BCUT2D eigenvalue weighted by Gasteiger charge is -2.38. The fourth-order valence-electron chi connectivity index (χ4n) is 2.01. The highest BCUT2D eigenvalue weighted by Gasteiger charge is 2.26. The zero-order chi connectivity index (χ0) is 13.8. The molecule has 5 nitrogen and oxygen atoms in total. The maximum atomic E-state index is 5.72. The molecule has 0 spiro atoms. The molecule has 0 saturated carbocycles. The van der Waals surface area contributed by atoms with E-state index < -0.39 is 0 Å². The molecule has 1 aliphatic heterocycles. The molecule has 2 heterocycles. The molecule has 6 heteroatoms. The minimum absolute atomic E-state index is 0.0990. The molecule has 2 rings (SSSR count). The van der Waals surface area contributed by atoms with E-state index in [4.69, 9.17) is 9.47 Å². The Morgan fingerprint density at radius 1 is 1.53 bits per heavy atom. The third kappa shape index (κ3) is 3.79. The van der Waals surface area contributed by atoms with E-state index in [1.165, 1.54) is 0 Å². The minimum Gasteiger partial charge on any atom is -0.474 e. The summed E-state index contributed by atoms with van der Waals surface area (Å²) in [7, 11) is 0. The highest BCUT2D eigenvalue weighted by Crippen LogP contribution is 2.22. The zero-order valence-electron chi connectivity index (χ0n) is 11.5. The summed E-state index contributed by atoms with van der Waals surface area (Å²) in [6.07, 6.45) is 3.71. The topological polar surface area (TPSA) is 47.5 Å². The summed E-state index contributed by atoms with van der Waals surface area (Å²) in [5, 5.41) is 0.825. The highest BCUT2D eigenvalue weighted by atomic mass is 79.9. The Balaban J connectivity index is 2.15. The van der Waals surface area contributed by atoms with Crippen LogP contribution >= 0.6 is 15.9 Å².